The molecule has 0 aliphatic heterocycles. The molecule has 0 unspecified atom stereocenters. The van der Waals surface area contributed by atoms with Crippen LogP contribution < -0.4 is 5.32 Å². The highest BCUT2D eigenvalue weighted by Gasteiger charge is 2.12. The molecule has 0 heterocycles. The van der Waals surface area contributed by atoms with Crippen molar-refractivity contribution < 1.29 is 19.1 Å². The number of carboxylic acid groups (broad SMARTS) is 1. The highest BCUT2D eigenvalue weighted by Crippen LogP contribution is 2.23. The van der Waals surface area contributed by atoms with Gasteiger partial charge in [0.05, 0.1) is 5.56 Å². The lowest BCUT2D eigenvalue weighted by atomic mass is 10.0. The number of carbonyl (C=O) groups excluding carboxylic acids is 1. The Morgan fingerprint density at radius 1 is 1.10 bits per heavy atom. The second-order valence-corrected chi connectivity index (χ2v) is 4.16. The summed E-state index contributed by atoms with van der Waals surface area (Å²) in [6.45, 7) is 0. The van der Waals surface area contributed by atoms with Crippen molar-refractivity contribution in [2.75, 3.05) is 7.05 Å². The SMILES string of the molecule is CNC(=O)c1cccc(-c2ccc(F)c(C(=O)O)c2)c1. The minimum Gasteiger partial charge on any atom is -0.478 e. The molecule has 0 atom stereocenters. The fraction of sp³-hybridized carbons (Fsp3) is 0.0667. The number of carbonyl (C=O) groups is 2. The van der Waals surface area contributed by atoms with Gasteiger partial charge in [0.1, 0.15) is 5.82 Å². The second kappa shape index (κ2) is 5.52. The number of hydrogen-bond acceptors (Lipinski definition) is 2. The van der Waals surface area contributed by atoms with Gasteiger partial charge in [-0.3, -0.25) is 4.79 Å². The van der Waals surface area contributed by atoms with E-state index in [1.165, 1.54) is 19.2 Å². The zero-order valence-electron chi connectivity index (χ0n) is 10.7. The van der Waals surface area contributed by atoms with Gasteiger partial charge in [0, 0.05) is 12.6 Å². The number of nitrogens with one attached hydrogen (secondary N) is 1. The summed E-state index contributed by atoms with van der Waals surface area (Å²) in [5.41, 5.74) is 1.24. The van der Waals surface area contributed by atoms with Crippen molar-refractivity contribution in [3.8, 4) is 11.1 Å². The molecular formula is C15H12FNO3. The molecule has 0 saturated carbocycles. The predicted octanol–water partition coefficient (Wildman–Crippen LogP) is 2.55. The first-order valence-electron chi connectivity index (χ1n) is 5.88. The van der Waals surface area contributed by atoms with E-state index in [2.05, 4.69) is 5.32 Å². The quantitative estimate of drug-likeness (QED) is 0.903. The summed E-state index contributed by atoms with van der Waals surface area (Å²) in [7, 11) is 1.52. The monoisotopic (exact) mass is 273 g/mol. The van der Waals surface area contributed by atoms with Crippen molar-refractivity contribution in [2.24, 2.45) is 0 Å². The molecule has 0 spiro atoms. The van der Waals surface area contributed by atoms with Crippen LogP contribution in [0.4, 0.5) is 4.39 Å². The van der Waals surface area contributed by atoms with Gasteiger partial charge in [0.15, 0.2) is 0 Å². The Balaban J connectivity index is 2.49. The average molecular weight is 273 g/mol. The molecule has 2 aromatic rings. The van der Waals surface area contributed by atoms with Gasteiger partial charge >= 0.3 is 5.97 Å². The van der Waals surface area contributed by atoms with Crippen LogP contribution >= 0.6 is 0 Å². The lowest BCUT2D eigenvalue weighted by molar-refractivity contribution is 0.0691. The Hall–Kier alpha value is -2.69. The van der Waals surface area contributed by atoms with E-state index in [1.54, 1.807) is 24.3 Å². The Kier molecular flexibility index (Phi) is 3.79. The molecule has 2 rings (SSSR count). The first-order valence-corrected chi connectivity index (χ1v) is 5.88. The first-order chi connectivity index (χ1) is 9.52. The van der Waals surface area contributed by atoms with Crippen molar-refractivity contribution in [2.45, 2.75) is 0 Å². The van der Waals surface area contributed by atoms with Crippen LogP contribution in [0, 0.1) is 5.82 Å². The largest absolute Gasteiger partial charge is 0.478 e. The van der Waals surface area contributed by atoms with Crippen LogP contribution in [0.25, 0.3) is 11.1 Å². The first kappa shape index (κ1) is 13.7. The molecule has 2 N–H and O–H groups in total. The molecule has 0 radical (unpaired) electrons. The van der Waals surface area contributed by atoms with Gasteiger partial charge < -0.3 is 10.4 Å². The molecule has 0 aromatic heterocycles. The highest BCUT2D eigenvalue weighted by atomic mass is 19.1. The van der Waals surface area contributed by atoms with Crippen LogP contribution in [0.1, 0.15) is 20.7 Å². The number of aromatic carboxylic acids is 1. The van der Waals surface area contributed by atoms with Crippen LogP contribution in [-0.4, -0.2) is 24.0 Å². The summed E-state index contributed by atoms with van der Waals surface area (Å²) in [6.07, 6.45) is 0. The maximum atomic E-state index is 13.4. The molecular weight excluding hydrogens is 261 g/mol. The molecule has 1 amide bonds. The number of benzene rings is 2. The van der Waals surface area contributed by atoms with Gasteiger partial charge in [0.25, 0.3) is 5.91 Å². The van der Waals surface area contributed by atoms with E-state index < -0.39 is 17.3 Å². The van der Waals surface area contributed by atoms with Gasteiger partial charge in [-0.05, 0) is 35.4 Å². The van der Waals surface area contributed by atoms with Crippen molar-refractivity contribution >= 4 is 11.9 Å². The third-order valence-electron chi connectivity index (χ3n) is 2.88. The number of carboxylic acids is 1. The summed E-state index contributed by atoms with van der Waals surface area (Å²) in [5.74, 6) is -2.36. The van der Waals surface area contributed by atoms with Gasteiger partial charge in [-0.2, -0.15) is 0 Å². The van der Waals surface area contributed by atoms with Crippen LogP contribution in [0.2, 0.25) is 0 Å². The third-order valence-corrected chi connectivity index (χ3v) is 2.88. The Labute approximate surface area is 114 Å². The van der Waals surface area contributed by atoms with Crippen LogP contribution in [0.3, 0.4) is 0 Å². The molecule has 0 saturated heterocycles. The Morgan fingerprint density at radius 2 is 1.80 bits per heavy atom. The fourth-order valence-electron chi connectivity index (χ4n) is 1.85. The van der Waals surface area contributed by atoms with Crippen molar-refractivity contribution in [1.29, 1.82) is 0 Å². The molecule has 102 valence electrons. The topological polar surface area (TPSA) is 66.4 Å². The van der Waals surface area contributed by atoms with Gasteiger partial charge in [0.2, 0.25) is 0 Å². The van der Waals surface area contributed by atoms with E-state index in [0.717, 1.165) is 6.07 Å². The number of rotatable bonds is 3. The van der Waals surface area contributed by atoms with Gasteiger partial charge in [-0.1, -0.05) is 18.2 Å². The highest BCUT2D eigenvalue weighted by molar-refractivity contribution is 5.95. The van der Waals surface area contributed by atoms with E-state index in [-0.39, 0.29) is 5.91 Å². The molecule has 2 aromatic carbocycles. The summed E-state index contributed by atoms with van der Waals surface area (Å²) >= 11 is 0. The van der Waals surface area contributed by atoms with Crippen LogP contribution in [-0.2, 0) is 0 Å². The van der Waals surface area contributed by atoms with Crippen LogP contribution in [0.15, 0.2) is 42.5 Å². The molecule has 20 heavy (non-hydrogen) atoms. The zero-order valence-corrected chi connectivity index (χ0v) is 10.7. The van der Waals surface area contributed by atoms with Crippen molar-refractivity contribution in [1.82, 2.24) is 5.32 Å². The van der Waals surface area contributed by atoms with Gasteiger partial charge in [-0.15, -0.1) is 0 Å². The van der Waals surface area contributed by atoms with E-state index in [0.29, 0.717) is 16.7 Å². The molecule has 0 fully saturated rings. The second-order valence-electron chi connectivity index (χ2n) is 4.16. The Morgan fingerprint density at radius 3 is 2.45 bits per heavy atom. The van der Waals surface area contributed by atoms with E-state index in [9.17, 15) is 14.0 Å². The molecule has 5 heteroatoms. The maximum Gasteiger partial charge on any atom is 0.338 e. The molecule has 0 aliphatic rings. The fourth-order valence-corrected chi connectivity index (χ4v) is 1.85. The minimum atomic E-state index is -1.33. The Bertz CT molecular complexity index is 683. The minimum absolute atomic E-state index is 0.243. The lowest BCUT2D eigenvalue weighted by Gasteiger charge is -2.06. The summed E-state index contributed by atoms with van der Waals surface area (Å²) in [6, 6.07) is 10.5. The maximum absolute atomic E-state index is 13.4. The van der Waals surface area contributed by atoms with E-state index >= 15 is 0 Å². The third kappa shape index (κ3) is 2.66. The number of amides is 1. The van der Waals surface area contributed by atoms with Crippen molar-refractivity contribution in [3.63, 3.8) is 0 Å². The average Bonchev–Trinajstić information content (AvgIpc) is 2.46. The molecule has 4 nitrogen and oxygen atoms in total. The molecule has 0 bridgehead atoms. The van der Waals surface area contributed by atoms with Crippen molar-refractivity contribution in [3.05, 3.63) is 59.4 Å². The van der Waals surface area contributed by atoms with Crippen LogP contribution in [0.5, 0.6) is 0 Å². The normalized spacial score (nSPS) is 10.1. The number of halogens is 1. The summed E-state index contributed by atoms with van der Waals surface area (Å²) in [4.78, 5) is 22.5. The molecule has 0 aliphatic carbocycles. The van der Waals surface area contributed by atoms with E-state index in [1.807, 2.05) is 0 Å². The predicted molar refractivity (Wildman–Crippen MR) is 72.2 cm³/mol. The standard InChI is InChI=1S/C15H12FNO3/c1-17-14(18)11-4-2-3-9(7-11)10-5-6-13(16)12(8-10)15(19)20/h2-8H,1H3,(H,17,18)(H,19,20). The number of hydrogen-bond donors (Lipinski definition) is 2. The summed E-state index contributed by atoms with van der Waals surface area (Å²) in [5, 5.41) is 11.4. The summed E-state index contributed by atoms with van der Waals surface area (Å²) < 4.78 is 13.4. The smallest absolute Gasteiger partial charge is 0.338 e. The van der Waals surface area contributed by atoms with Gasteiger partial charge in [-0.25, -0.2) is 9.18 Å². The lowest BCUT2D eigenvalue weighted by Crippen LogP contribution is -2.17. The van der Waals surface area contributed by atoms with E-state index in [4.69, 9.17) is 5.11 Å². The zero-order chi connectivity index (χ0) is 14.7.